The molecule has 0 heterocycles. The molecule has 0 saturated heterocycles. The molecule has 0 atom stereocenters. The van der Waals surface area contributed by atoms with Crippen LogP contribution in [0, 0.1) is 0 Å². The zero-order chi connectivity index (χ0) is 17.0. The van der Waals surface area contributed by atoms with Gasteiger partial charge in [0.15, 0.2) is 0 Å². The number of hydrogen-bond acceptors (Lipinski definition) is 5. The lowest BCUT2D eigenvalue weighted by molar-refractivity contribution is 0.0224. The predicted octanol–water partition coefficient (Wildman–Crippen LogP) is 4.52. The molecule has 0 radical (unpaired) electrons. The molecule has 0 amide bonds. The third-order valence-corrected chi connectivity index (χ3v) is 4.27. The number of hydrogen-bond donors (Lipinski definition) is 1. The van der Waals surface area contributed by atoms with E-state index in [1.54, 1.807) is 12.1 Å². The molecular weight excluding hydrogens is 301 g/mol. The average Bonchev–Trinajstić information content (AvgIpc) is 2.26. The van der Waals surface area contributed by atoms with Gasteiger partial charge in [-0.2, -0.15) is 0 Å². The number of benzene rings is 1. The Labute approximate surface area is 134 Å². The molecule has 0 aliphatic carbocycles. The van der Waals surface area contributed by atoms with Crippen molar-refractivity contribution in [1.82, 2.24) is 5.32 Å². The summed E-state index contributed by atoms with van der Waals surface area (Å²) in [6.45, 7) is 11.6. The number of phosphoric ester groups is 1. The maximum absolute atomic E-state index is 12.9. The van der Waals surface area contributed by atoms with E-state index in [1.165, 1.54) is 0 Å². The first-order valence-electron chi connectivity index (χ1n) is 7.37. The van der Waals surface area contributed by atoms with Crippen LogP contribution in [-0.4, -0.2) is 18.2 Å². The van der Waals surface area contributed by atoms with E-state index in [2.05, 4.69) is 5.32 Å². The van der Waals surface area contributed by atoms with Gasteiger partial charge < -0.3 is 9.84 Å². The van der Waals surface area contributed by atoms with Crippen molar-refractivity contribution in [3.05, 3.63) is 29.8 Å². The lowest BCUT2D eigenvalue weighted by Gasteiger charge is -2.30. The van der Waals surface area contributed by atoms with Crippen molar-refractivity contribution in [3.63, 3.8) is 0 Å². The quantitative estimate of drug-likeness (QED) is 0.778. The third kappa shape index (κ3) is 7.41. The molecule has 22 heavy (non-hydrogen) atoms. The Morgan fingerprint density at radius 1 is 0.955 bits per heavy atom. The van der Waals surface area contributed by atoms with Crippen LogP contribution in [0.25, 0.3) is 0 Å². The van der Waals surface area contributed by atoms with E-state index in [9.17, 15) is 4.57 Å². The molecule has 0 saturated carbocycles. The van der Waals surface area contributed by atoms with Crippen LogP contribution in [0.1, 0.15) is 47.1 Å². The molecule has 1 aromatic carbocycles. The number of phosphoric acid groups is 1. The van der Waals surface area contributed by atoms with Crippen molar-refractivity contribution >= 4 is 7.82 Å². The summed E-state index contributed by atoms with van der Waals surface area (Å²) >= 11 is 0. The van der Waals surface area contributed by atoms with E-state index < -0.39 is 19.0 Å². The van der Waals surface area contributed by atoms with E-state index in [0.29, 0.717) is 5.75 Å². The van der Waals surface area contributed by atoms with Gasteiger partial charge in [0.1, 0.15) is 5.75 Å². The minimum atomic E-state index is -3.73. The van der Waals surface area contributed by atoms with Gasteiger partial charge in [0.05, 0.1) is 11.2 Å². The molecule has 0 aromatic heterocycles. The van der Waals surface area contributed by atoms with Gasteiger partial charge in [-0.3, -0.25) is 9.05 Å². The van der Waals surface area contributed by atoms with Gasteiger partial charge >= 0.3 is 7.82 Å². The highest BCUT2D eigenvalue weighted by molar-refractivity contribution is 7.49. The molecule has 0 aliphatic heterocycles. The maximum atomic E-state index is 12.9. The van der Waals surface area contributed by atoms with Gasteiger partial charge in [0.25, 0.3) is 0 Å². The van der Waals surface area contributed by atoms with Crippen LogP contribution in [0.15, 0.2) is 24.3 Å². The first kappa shape index (κ1) is 19.2. The van der Waals surface area contributed by atoms with E-state index in [0.717, 1.165) is 12.1 Å². The summed E-state index contributed by atoms with van der Waals surface area (Å²) in [5.41, 5.74) is -0.183. The van der Waals surface area contributed by atoms with Gasteiger partial charge in [0, 0.05) is 6.54 Å². The molecule has 126 valence electrons. The molecule has 1 rings (SSSR count). The predicted molar refractivity (Wildman–Crippen MR) is 89.1 cm³/mol. The van der Waals surface area contributed by atoms with Crippen molar-refractivity contribution in [2.24, 2.45) is 0 Å². The molecule has 0 unspecified atom stereocenters. The average molecular weight is 329 g/mol. The Balaban J connectivity index is 2.95. The summed E-state index contributed by atoms with van der Waals surface area (Å²) in [4.78, 5) is 0. The zero-order valence-corrected chi connectivity index (χ0v) is 15.5. The number of rotatable bonds is 6. The highest BCUT2D eigenvalue weighted by Gasteiger charge is 2.38. The largest absolute Gasteiger partial charge is 0.531 e. The minimum Gasteiger partial charge on any atom is -0.404 e. The first-order valence-corrected chi connectivity index (χ1v) is 8.83. The van der Waals surface area contributed by atoms with Crippen molar-refractivity contribution in [2.75, 3.05) is 7.05 Å². The summed E-state index contributed by atoms with van der Waals surface area (Å²) in [7, 11) is -1.85. The fraction of sp³-hybridized carbons (Fsp3) is 0.625. The van der Waals surface area contributed by atoms with Crippen molar-refractivity contribution in [2.45, 2.75) is 59.3 Å². The van der Waals surface area contributed by atoms with Crippen LogP contribution >= 0.6 is 7.82 Å². The van der Waals surface area contributed by atoms with Gasteiger partial charge in [-0.15, -0.1) is 0 Å². The Morgan fingerprint density at radius 3 is 1.77 bits per heavy atom. The number of nitrogens with one attached hydrogen (secondary N) is 1. The zero-order valence-electron chi connectivity index (χ0n) is 14.6. The van der Waals surface area contributed by atoms with Crippen LogP contribution in [-0.2, 0) is 20.2 Å². The summed E-state index contributed by atoms with van der Waals surface area (Å²) in [6, 6.07) is 7.34. The molecular formula is C16H28NO4P. The molecule has 0 spiro atoms. The van der Waals surface area contributed by atoms with Crippen LogP contribution in [0.2, 0.25) is 0 Å². The van der Waals surface area contributed by atoms with Crippen LogP contribution in [0.5, 0.6) is 5.75 Å². The highest BCUT2D eigenvalue weighted by Crippen LogP contribution is 2.55. The third-order valence-electron chi connectivity index (χ3n) is 2.29. The molecule has 1 aromatic rings. The summed E-state index contributed by atoms with van der Waals surface area (Å²) in [6.07, 6.45) is 0. The Kier molecular flexibility index (Phi) is 6.22. The highest BCUT2D eigenvalue weighted by atomic mass is 31.2. The van der Waals surface area contributed by atoms with E-state index >= 15 is 0 Å². The second kappa shape index (κ2) is 7.14. The molecule has 5 nitrogen and oxygen atoms in total. The van der Waals surface area contributed by atoms with Gasteiger partial charge in [-0.05, 0) is 66.3 Å². The first-order chi connectivity index (χ1) is 9.92. The Morgan fingerprint density at radius 2 is 1.41 bits per heavy atom. The van der Waals surface area contributed by atoms with E-state index in [-0.39, 0.29) is 0 Å². The monoisotopic (exact) mass is 329 g/mol. The Hall–Kier alpha value is -0.870. The van der Waals surface area contributed by atoms with Crippen LogP contribution in [0.3, 0.4) is 0 Å². The molecule has 6 heteroatoms. The SMILES string of the molecule is CNCc1ccc(OP(=O)(OC(C)(C)C)OC(C)(C)C)cc1. The van der Waals surface area contributed by atoms with Gasteiger partial charge in [0.2, 0.25) is 0 Å². The van der Waals surface area contributed by atoms with Crippen molar-refractivity contribution in [1.29, 1.82) is 0 Å². The molecule has 1 N–H and O–H groups in total. The molecule has 0 bridgehead atoms. The normalized spacial score (nSPS) is 13.2. The van der Waals surface area contributed by atoms with Crippen molar-refractivity contribution in [3.8, 4) is 5.75 Å². The van der Waals surface area contributed by atoms with Crippen molar-refractivity contribution < 1.29 is 18.1 Å². The molecule has 0 fully saturated rings. The second-order valence-corrected chi connectivity index (χ2v) is 8.56. The van der Waals surface area contributed by atoms with Gasteiger partial charge in [-0.1, -0.05) is 12.1 Å². The topological polar surface area (TPSA) is 56.8 Å². The smallest absolute Gasteiger partial charge is 0.404 e. The van der Waals surface area contributed by atoms with Crippen LogP contribution in [0.4, 0.5) is 0 Å². The summed E-state index contributed by atoms with van der Waals surface area (Å²) in [5, 5.41) is 3.07. The molecule has 0 aliphatic rings. The lowest BCUT2D eigenvalue weighted by Crippen LogP contribution is -2.25. The fourth-order valence-corrected chi connectivity index (χ4v) is 3.56. The summed E-state index contributed by atoms with van der Waals surface area (Å²) < 4.78 is 29.7. The standard InChI is InChI=1S/C16H28NO4P/c1-15(2,3)20-22(18,21-16(4,5)6)19-14-10-8-13(9-11-14)12-17-7/h8-11,17H,12H2,1-7H3. The summed E-state index contributed by atoms with van der Waals surface area (Å²) in [5.74, 6) is 0.455. The van der Waals surface area contributed by atoms with Gasteiger partial charge in [-0.25, -0.2) is 4.57 Å². The van der Waals surface area contributed by atoms with E-state index in [4.69, 9.17) is 13.6 Å². The van der Waals surface area contributed by atoms with Crippen LogP contribution < -0.4 is 9.84 Å². The lowest BCUT2D eigenvalue weighted by atomic mass is 10.2. The Bertz CT molecular complexity index is 494. The maximum Gasteiger partial charge on any atom is 0.531 e. The minimum absolute atomic E-state index is 0.455. The second-order valence-electron chi connectivity index (χ2n) is 7.12. The van der Waals surface area contributed by atoms with E-state index in [1.807, 2.05) is 60.7 Å². The fourth-order valence-electron chi connectivity index (χ4n) is 1.73.